The van der Waals surface area contributed by atoms with Gasteiger partial charge in [0, 0.05) is 19.3 Å². The number of carboxylic acid groups (broad SMARTS) is 1. The van der Waals surface area contributed by atoms with Gasteiger partial charge in [0.15, 0.2) is 0 Å². The summed E-state index contributed by atoms with van der Waals surface area (Å²) in [5.74, 6) is -1.04. The molecular weight excluding hydrogens is 276 g/mol. The molecule has 0 aliphatic heterocycles. The van der Waals surface area contributed by atoms with Crippen LogP contribution in [0.2, 0.25) is 0 Å². The average molecular weight is 288 g/mol. The fraction of sp³-hybridized carbons (Fsp3) is 0.154. The topological polar surface area (TPSA) is 109 Å². The van der Waals surface area contributed by atoms with Crippen LogP contribution in [0.3, 0.4) is 0 Å². The summed E-state index contributed by atoms with van der Waals surface area (Å²) in [5, 5.41) is 19.8. The molecule has 0 spiro atoms. The molecule has 2 heterocycles. The van der Waals surface area contributed by atoms with Gasteiger partial charge in [-0.2, -0.15) is 0 Å². The Hall–Kier alpha value is -3.03. The van der Waals surface area contributed by atoms with Crippen LogP contribution in [0.15, 0.2) is 36.7 Å². The molecule has 0 aliphatic carbocycles. The predicted molar refractivity (Wildman–Crippen MR) is 74.2 cm³/mol. The maximum absolute atomic E-state index is 11.1. The molecular formula is C13H12N4O4. The summed E-state index contributed by atoms with van der Waals surface area (Å²) >= 11 is 0. The second kappa shape index (κ2) is 5.95. The summed E-state index contributed by atoms with van der Waals surface area (Å²) in [6.07, 6.45) is 2.60. The van der Waals surface area contributed by atoms with Crippen molar-refractivity contribution in [2.75, 3.05) is 11.9 Å². The number of carbonyl (C=O) groups is 1. The van der Waals surface area contributed by atoms with Crippen LogP contribution in [-0.4, -0.2) is 33.0 Å². The van der Waals surface area contributed by atoms with Gasteiger partial charge in [-0.05, 0) is 12.1 Å². The maximum Gasteiger partial charge on any atom is 0.342 e. The quantitative estimate of drug-likeness (QED) is 0.658. The zero-order valence-electron chi connectivity index (χ0n) is 11.1. The van der Waals surface area contributed by atoms with E-state index >= 15 is 0 Å². The largest absolute Gasteiger partial charge is 0.477 e. The number of aromatic nitrogens is 2. The lowest BCUT2D eigenvalue weighted by Crippen LogP contribution is -2.19. The van der Waals surface area contributed by atoms with Crippen molar-refractivity contribution in [3.05, 3.63) is 58.0 Å². The normalized spacial score (nSPS) is 10.1. The van der Waals surface area contributed by atoms with Crippen molar-refractivity contribution in [1.82, 2.24) is 9.97 Å². The Balaban J connectivity index is 2.30. The SMILES string of the molecule is CN(Cc1ccccn1)c1cc(C(=O)O)c([N+](=O)[O-])cn1. The van der Waals surface area contributed by atoms with Crippen LogP contribution in [-0.2, 0) is 6.54 Å². The highest BCUT2D eigenvalue weighted by Crippen LogP contribution is 2.22. The van der Waals surface area contributed by atoms with Crippen molar-refractivity contribution in [1.29, 1.82) is 0 Å². The monoisotopic (exact) mass is 288 g/mol. The van der Waals surface area contributed by atoms with E-state index < -0.39 is 22.1 Å². The van der Waals surface area contributed by atoms with Gasteiger partial charge in [-0.1, -0.05) is 6.07 Å². The van der Waals surface area contributed by atoms with Crippen LogP contribution in [0.1, 0.15) is 16.1 Å². The lowest BCUT2D eigenvalue weighted by molar-refractivity contribution is -0.385. The highest BCUT2D eigenvalue weighted by Gasteiger charge is 2.22. The highest BCUT2D eigenvalue weighted by molar-refractivity contribution is 5.93. The predicted octanol–water partition coefficient (Wildman–Crippen LogP) is 1.72. The van der Waals surface area contributed by atoms with Gasteiger partial charge in [0.1, 0.15) is 17.6 Å². The summed E-state index contributed by atoms with van der Waals surface area (Å²) in [6.45, 7) is 0.407. The van der Waals surface area contributed by atoms with E-state index in [0.717, 1.165) is 11.9 Å². The standard InChI is InChI=1S/C13H12N4O4/c1-16(8-9-4-2-3-5-14-9)12-6-10(13(18)19)11(7-15-12)17(20)21/h2-7H,8H2,1H3,(H,18,19). The minimum atomic E-state index is -1.36. The molecule has 8 heteroatoms. The van der Waals surface area contributed by atoms with Crippen molar-refractivity contribution >= 4 is 17.5 Å². The van der Waals surface area contributed by atoms with Crippen molar-refractivity contribution in [3.63, 3.8) is 0 Å². The lowest BCUT2D eigenvalue weighted by Gasteiger charge is -2.17. The molecule has 0 saturated heterocycles. The molecule has 8 nitrogen and oxygen atoms in total. The molecule has 1 N–H and O–H groups in total. The zero-order valence-corrected chi connectivity index (χ0v) is 11.1. The Labute approximate surface area is 119 Å². The number of pyridine rings is 2. The summed E-state index contributed by atoms with van der Waals surface area (Å²) in [5.41, 5.74) is -0.146. The summed E-state index contributed by atoms with van der Waals surface area (Å²) < 4.78 is 0. The Morgan fingerprint density at radius 3 is 2.76 bits per heavy atom. The smallest absolute Gasteiger partial charge is 0.342 e. The van der Waals surface area contributed by atoms with E-state index in [1.807, 2.05) is 12.1 Å². The Morgan fingerprint density at radius 2 is 2.19 bits per heavy atom. The van der Waals surface area contributed by atoms with Crippen LogP contribution in [0.25, 0.3) is 0 Å². The van der Waals surface area contributed by atoms with Crippen molar-refractivity contribution in [2.45, 2.75) is 6.54 Å². The number of hydrogen-bond donors (Lipinski definition) is 1. The van der Waals surface area contributed by atoms with E-state index in [1.165, 1.54) is 6.07 Å². The van der Waals surface area contributed by atoms with Gasteiger partial charge in [-0.25, -0.2) is 9.78 Å². The second-order valence-electron chi connectivity index (χ2n) is 4.30. The number of hydrogen-bond acceptors (Lipinski definition) is 6. The molecule has 0 fully saturated rings. The third kappa shape index (κ3) is 3.30. The molecule has 2 aromatic heterocycles. The molecule has 0 unspecified atom stereocenters. The third-order valence-electron chi connectivity index (χ3n) is 2.81. The van der Waals surface area contributed by atoms with Crippen molar-refractivity contribution < 1.29 is 14.8 Å². The molecule has 21 heavy (non-hydrogen) atoms. The second-order valence-corrected chi connectivity index (χ2v) is 4.30. The number of nitro groups is 1. The summed E-state index contributed by atoms with van der Waals surface area (Å²) in [6, 6.07) is 6.63. The van der Waals surface area contributed by atoms with Crippen LogP contribution in [0, 0.1) is 10.1 Å². The average Bonchev–Trinajstić information content (AvgIpc) is 2.47. The van der Waals surface area contributed by atoms with E-state index in [1.54, 1.807) is 24.2 Å². The minimum Gasteiger partial charge on any atom is -0.477 e. The molecule has 2 rings (SSSR count). The molecule has 2 aromatic rings. The van der Waals surface area contributed by atoms with E-state index in [4.69, 9.17) is 5.11 Å². The lowest BCUT2D eigenvalue weighted by atomic mass is 10.2. The Bertz CT molecular complexity index is 675. The number of carboxylic acids is 1. The summed E-state index contributed by atoms with van der Waals surface area (Å²) in [7, 11) is 1.70. The minimum absolute atomic E-state index is 0.323. The van der Waals surface area contributed by atoms with E-state index in [9.17, 15) is 14.9 Å². The van der Waals surface area contributed by atoms with E-state index in [0.29, 0.717) is 12.4 Å². The highest BCUT2D eigenvalue weighted by atomic mass is 16.6. The first-order chi connectivity index (χ1) is 9.99. The van der Waals surface area contributed by atoms with Gasteiger partial charge >= 0.3 is 11.7 Å². The fourth-order valence-corrected chi connectivity index (χ4v) is 1.78. The molecule has 0 radical (unpaired) electrons. The number of nitrogens with zero attached hydrogens (tertiary/aromatic N) is 4. The molecule has 0 saturated carbocycles. The van der Waals surface area contributed by atoms with Crippen LogP contribution >= 0.6 is 0 Å². The molecule has 0 aromatic carbocycles. The Kier molecular flexibility index (Phi) is 4.07. The van der Waals surface area contributed by atoms with Gasteiger partial charge in [-0.15, -0.1) is 0 Å². The van der Waals surface area contributed by atoms with Crippen LogP contribution in [0.4, 0.5) is 11.5 Å². The number of aromatic carboxylic acids is 1. The fourth-order valence-electron chi connectivity index (χ4n) is 1.78. The number of anilines is 1. The van der Waals surface area contributed by atoms with Crippen molar-refractivity contribution in [3.8, 4) is 0 Å². The van der Waals surface area contributed by atoms with Crippen molar-refractivity contribution in [2.24, 2.45) is 0 Å². The molecule has 108 valence electrons. The van der Waals surface area contributed by atoms with Crippen LogP contribution < -0.4 is 4.90 Å². The first-order valence-corrected chi connectivity index (χ1v) is 5.98. The van der Waals surface area contributed by atoms with E-state index in [2.05, 4.69) is 9.97 Å². The third-order valence-corrected chi connectivity index (χ3v) is 2.81. The first-order valence-electron chi connectivity index (χ1n) is 5.98. The van der Waals surface area contributed by atoms with Crippen LogP contribution in [0.5, 0.6) is 0 Å². The van der Waals surface area contributed by atoms with Gasteiger partial charge in [0.2, 0.25) is 0 Å². The summed E-state index contributed by atoms with van der Waals surface area (Å²) in [4.78, 5) is 30.9. The molecule has 0 bridgehead atoms. The zero-order chi connectivity index (χ0) is 15.4. The molecule has 0 aliphatic rings. The molecule has 0 amide bonds. The Morgan fingerprint density at radius 1 is 1.43 bits per heavy atom. The van der Waals surface area contributed by atoms with Gasteiger partial charge < -0.3 is 10.0 Å². The van der Waals surface area contributed by atoms with Gasteiger partial charge in [0.05, 0.1) is 17.2 Å². The number of rotatable bonds is 5. The first kappa shape index (κ1) is 14.4. The van der Waals surface area contributed by atoms with Gasteiger partial charge in [0.25, 0.3) is 0 Å². The maximum atomic E-state index is 11.1. The van der Waals surface area contributed by atoms with E-state index in [-0.39, 0.29) is 0 Å². The van der Waals surface area contributed by atoms with Gasteiger partial charge in [-0.3, -0.25) is 15.1 Å². The molecule has 0 atom stereocenters.